The smallest absolute Gasteiger partial charge is 0.277 e. The van der Waals surface area contributed by atoms with Gasteiger partial charge in [-0.25, -0.2) is 4.52 Å². The van der Waals surface area contributed by atoms with Crippen LogP contribution in [0.1, 0.15) is 18.4 Å². The highest BCUT2D eigenvalue weighted by molar-refractivity contribution is 9.10. The fourth-order valence-electron chi connectivity index (χ4n) is 3.38. The number of nitrogens with zero attached hydrogens (tertiary/aromatic N) is 5. The minimum absolute atomic E-state index is 0.171. The molecule has 0 fully saturated rings. The van der Waals surface area contributed by atoms with Crippen molar-refractivity contribution in [2.75, 3.05) is 0 Å². The molecule has 5 rings (SSSR count). The van der Waals surface area contributed by atoms with Crippen LogP contribution in [0.15, 0.2) is 80.8 Å². The van der Waals surface area contributed by atoms with Gasteiger partial charge < -0.3 is 9.09 Å². The number of fused-ring (bicyclic) bond motifs is 1. The molecule has 0 unspecified atom stereocenters. The monoisotopic (exact) mass is 475 g/mol. The van der Waals surface area contributed by atoms with Crippen molar-refractivity contribution in [3.05, 3.63) is 93.3 Å². The summed E-state index contributed by atoms with van der Waals surface area (Å²) in [6, 6.07) is 17.7. The molecule has 0 spiro atoms. The second-order valence-corrected chi connectivity index (χ2v) is 8.08. The van der Waals surface area contributed by atoms with E-state index < -0.39 is 0 Å². The van der Waals surface area contributed by atoms with E-state index in [0.29, 0.717) is 17.2 Å². The number of aromatic nitrogens is 5. The van der Waals surface area contributed by atoms with Gasteiger partial charge in [0, 0.05) is 28.0 Å². The van der Waals surface area contributed by atoms with Crippen LogP contribution in [0.4, 0.5) is 0 Å². The van der Waals surface area contributed by atoms with Crippen molar-refractivity contribution in [3.8, 4) is 22.6 Å². The minimum atomic E-state index is -0.171. The van der Waals surface area contributed by atoms with E-state index >= 15 is 0 Å². The molecule has 0 saturated carbocycles. The average Bonchev–Trinajstić information content (AvgIpc) is 3.44. The van der Waals surface area contributed by atoms with Crippen molar-refractivity contribution < 1.29 is 4.52 Å². The molecule has 0 saturated heterocycles. The molecule has 0 radical (unpaired) electrons. The first-order valence-electron chi connectivity index (χ1n) is 9.87. The highest BCUT2D eigenvalue weighted by Gasteiger charge is 2.13. The lowest BCUT2D eigenvalue weighted by molar-refractivity contribution is 0.370. The van der Waals surface area contributed by atoms with Gasteiger partial charge in [0.25, 0.3) is 5.56 Å². The van der Waals surface area contributed by atoms with Gasteiger partial charge in [0.05, 0.1) is 5.69 Å². The van der Waals surface area contributed by atoms with Crippen molar-refractivity contribution in [2.24, 2.45) is 0 Å². The number of halogens is 1. The van der Waals surface area contributed by atoms with Gasteiger partial charge in [0.2, 0.25) is 11.7 Å². The normalized spacial score (nSPS) is 11.3. The molecular weight excluding hydrogens is 458 g/mol. The first-order chi connectivity index (χ1) is 15.1. The third-order valence-corrected chi connectivity index (χ3v) is 5.67. The average molecular weight is 476 g/mol. The largest absolute Gasteiger partial charge is 0.337 e. The number of aryl methyl sites for hydroxylation is 1. The van der Waals surface area contributed by atoms with Gasteiger partial charge in [0.1, 0.15) is 12.1 Å². The van der Waals surface area contributed by atoms with Gasteiger partial charge in [0.15, 0.2) is 0 Å². The molecule has 8 heteroatoms. The molecule has 0 aliphatic rings. The van der Waals surface area contributed by atoms with Gasteiger partial charge in [-0.15, -0.1) is 0 Å². The Balaban J connectivity index is 1.43. The zero-order valence-corrected chi connectivity index (χ0v) is 18.3. The van der Waals surface area contributed by atoms with Gasteiger partial charge in [-0.3, -0.25) is 4.79 Å². The zero-order valence-electron chi connectivity index (χ0n) is 16.7. The van der Waals surface area contributed by atoms with Gasteiger partial charge in [-0.05, 0) is 42.3 Å². The van der Waals surface area contributed by atoms with Gasteiger partial charge in [-0.2, -0.15) is 10.1 Å². The first kappa shape index (κ1) is 19.4. The number of hydrogen-bond acceptors (Lipinski definition) is 5. The summed E-state index contributed by atoms with van der Waals surface area (Å²) in [5.74, 6) is 0.845. The summed E-state index contributed by atoms with van der Waals surface area (Å²) < 4.78 is 9.48. The van der Waals surface area contributed by atoms with Gasteiger partial charge >= 0.3 is 0 Å². The summed E-state index contributed by atoms with van der Waals surface area (Å²) in [4.78, 5) is 17.4. The maximum atomic E-state index is 13.0. The molecule has 154 valence electrons. The summed E-state index contributed by atoms with van der Waals surface area (Å²) in [6.45, 7) is 2.30. The predicted octanol–water partition coefficient (Wildman–Crippen LogP) is 4.59. The molecule has 3 heterocycles. The fraction of sp³-hybridized carbons (Fsp3) is 0.130. The van der Waals surface area contributed by atoms with E-state index in [1.165, 1.54) is 5.56 Å². The van der Waals surface area contributed by atoms with Crippen LogP contribution in [0.25, 0.3) is 28.2 Å². The number of benzene rings is 2. The van der Waals surface area contributed by atoms with E-state index in [1.807, 2.05) is 36.4 Å². The molecule has 0 aliphatic heterocycles. The van der Waals surface area contributed by atoms with Crippen LogP contribution in [0.5, 0.6) is 0 Å². The van der Waals surface area contributed by atoms with E-state index in [0.717, 1.165) is 27.7 Å². The Morgan fingerprint density at radius 1 is 1.00 bits per heavy atom. The molecular formula is C23H18BrN5O2. The number of rotatable bonds is 5. The Morgan fingerprint density at radius 3 is 2.48 bits per heavy atom. The van der Waals surface area contributed by atoms with Crippen LogP contribution < -0.4 is 5.56 Å². The van der Waals surface area contributed by atoms with Crippen LogP contribution >= 0.6 is 15.9 Å². The third-order valence-electron chi connectivity index (χ3n) is 5.14. The Labute approximate surface area is 186 Å². The maximum absolute atomic E-state index is 13.0. The predicted molar refractivity (Wildman–Crippen MR) is 121 cm³/mol. The molecule has 0 atom stereocenters. The topological polar surface area (TPSA) is 78.2 Å². The van der Waals surface area contributed by atoms with E-state index in [2.05, 4.69) is 50.2 Å². The highest BCUT2D eigenvalue weighted by Crippen LogP contribution is 2.20. The van der Waals surface area contributed by atoms with Crippen molar-refractivity contribution in [2.45, 2.75) is 19.9 Å². The summed E-state index contributed by atoms with van der Waals surface area (Å²) in [5.41, 5.74) is 4.16. The summed E-state index contributed by atoms with van der Waals surface area (Å²) in [5, 5.41) is 8.57. The van der Waals surface area contributed by atoms with Crippen LogP contribution in [0, 0.1) is 0 Å². The maximum Gasteiger partial charge on any atom is 0.277 e. The number of hydrogen-bond donors (Lipinski definition) is 0. The summed E-state index contributed by atoms with van der Waals surface area (Å²) in [6.07, 6.45) is 4.41. The summed E-state index contributed by atoms with van der Waals surface area (Å²) >= 11 is 3.41. The Hall–Kier alpha value is -3.52. The Morgan fingerprint density at radius 2 is 1.74 bits per heavy atom. The molecule has 3 aromatic heterocycles. The second kappa shape index (κ2) is 7.96. The van der Waals surface area contributed by atoms with Crippen molar-refractivity contribution in [3.63, 3.8) is 0 Å². The Kier molecular flexibility index (Phi) is 4.99. The van der Waals surface area contributed by atoms with E-state index in [4.69, 9.17) is 4.52 Å². The van der Waals surface area contributed by atoms with Crippen LogP contribution in [-0.2, 0) is 13.0 Å². The SMILES string of the molecule is CCc1ccc(-c2cc3c(=O)n(Cc4nc(-c5ccc(Br)cc5)no4)ccn3n2)cc1. The Bertz CT molecular complexity index is 1420. The van der Waals surface area contributed by atoms with Gasteiger partial charge in [-0.1, -0.05) is 52.3 Å². The van der Waals surface area contributed by atoms with Crippen LogP contribution in [0.3, 0.4) is 0 Å². The van der Waals surface area contributed by atoms with E-state index in [9.17, 15) is 4.79 Å². The lowest BCUT2D eigenvalue weighted by Gasteiger charge is -2.02. The standard InChI is InChI=1S/C23H18BrN5O2/c1-2-15-3-5-16(6-4-15)19-13-20-23(30)28(11-12-29(20)26-19)14-21-25-22(27-31-21)17-7-9-18(24)10-8-17/h3-13H,2,14H2,1H3. The molecule has 0 N–H and O–H groups in total. The first-order valence-corrected chi connectivity index (χ1v) is 10.7. The molecule has 31 heavy (non-hydrogen) atoms. The zero-order chi connectivity index (χ0) is 21.4. The minimum Gasteiger partial charge on any atom is -0.337 e. The van der Waals surface area contributed by atoms with E-state index in [-0.39, 0.29) is 12.1 Å². The van der Waals surface area contributed by atoms with Crippen LogP contribution in [0.2, 0.25) is 0 Å². The molecule has 7 nitrogen and oxygen atoms in total. The highest BCUT2D eigenvalue weighted by atomic mass is 79.9. The van der Waals surface area contributed by atoms with E-state index in [1.54, 1.807) is 27.5 Å². The molecule has 2 aromatic carbocycles. The quantitative estimate of drug-likeness (QED) is 0.371. The molecule has 5 aromatic rings. The lowest BCUT2D eigenvalue weighted by atomic mass is 10.1. The van der Waals surface area contributed by atoms with Crippen molar-refractivity contribution in [1.29, 1.82) is 0 Å². The molecule has 0 bridgehead atoms. The lowest BCUT2D eigenvalue weighted by Crippen LogP contribution is -2.21. The second-order valence-electron chi connectivity index (χ2n) is 7.16. The fourth-order valence-corrected chi connectivity index (χ4v) is 3.65. The molecule has 0 aliphatic carbocycles. The van der Waals surface area contributed by atoms with Crippen LogP contribution in [-0.4, -0.2) is 24.3 Å². The van der Waals surface area contributed by atoms with Crippen molar-refractivity contribution >= 4 is 21.4 Å². The molecule has 0 amide bonds. The third kappa shape index (κ3) is 3.82. The summed E-state index contributed by atoms with van der Waals surface area (Å²) in [7, 11) is 0. The van der Waals surface area contributed by atoms with Crippen molar-refractivity contribution in [1.82, 2.24) is 24.3 Å².